The van der Waals surface area contributed by atoms with E-state index in [1.54, 1.807) is 6.26 Å². The molecule has 2 aromatic rings. The predicted octanol–water partition coefficient (Wildman–Crippen LogP) is 5.39. The quantitative estimate of drug-likeness (QED) is 0.630. The molecule has 0 bridgehead atoms. The number of benzene rings is 1. The van der Waals surface area contributed by atoms with Gasteiger partial charge in [0.15, 0.2) is 5.78 Å². The molecule has 1 unspecified atom stereocenters. The molecule has 1 aliphatic carbocycles. The van der Waals surface area contributed by atoms with Crippen LogP contribution in [0.1, 0.15) is 36.2 Å². The summed E-state index contributed by atoms with van der Waals surface area (Å²) in [4.78, 5) is 12.7. The first-order valence-corrected chi connectivity index (χ1v) is 12.3. The minimum absolute atomic E-state index is 0.00726. The Hall–Kier alpha value is -0.730. The fourth-order valence-corrected chi connectivity index (χ4v) is 8.22. The molecule has 0 spiro atoms. The number of hydrogen-bond acceptors (Lipinski definition) is 4. The van der Waals surface area contributed by atoms with Gasteiger partial charge < -0.3 is 0 Å². The number of rotatable bonds is 3. The molecule has 1 aliphatic rings. The number of carbonyl (C=O) groups is 1. The molecule has 0 fully saturated rings. The minimum Gasteiger partial charge on any atom is -0.294 e. The molecule has 1 heterocycles. The van der Waals surface area contributed by atoms with E-state index in [9.17, 15) is 13.2 Å². The van der Waals surface area contributed by atoms with Crippen LogP contribution in [0.5, 0.6) is 0 Å². The van der Waals surface area contributed by atoms with Gasteiger partial charge in [0.25, 0.3) is 10.0 Å². The SMILES string of the molecule is CS(=NS(=O)(=O)c1ccc(Cl)cc1)c1sc(Cl)c2c1C(=O)CC(C)(C)C2. The van der Waals surface area contributed by atoms with Crippen molar-refractivity contribution in [2.75, 3.05) is 6.26 Å². The second kappa shape index (κ2) is 7.02. The Morgan fingerprint density at radius 1 is 1.15 bits per heavy atom. The Balaban J connectivity index is 2.06. The van der Waals surface area contributed by atoms with Gasteiger partial charge in [0.1, 0.15) is 0 Å². The molecular weight excluding hydrogens is 433 g/mol. The van der Waals surface area contributed by atoms with Crippen molar-refractivity contribution in [3.05, 3.63) is 44.8 Å². The Labute approximate surface area is 169 Å². The highest BCUT2D eigenvalue weighted by Crippen LogP contribution is 2.45. The largest absolute Gasteiger partial charge is 0.294 e. The van der Waals surface area contributed by atoms with Gasteiger partial charge in [0.2, 0.25) is 0 Å². The second-order valence-electron chi connectivity index (χ2n) is 6.94. The first kappa shape index (κ1) is 20.0. The summed E-state index contributed by atoms with van der Waals surface area (Å²) in [5.41, 5.74) is 1.25. The predicted molar refractivity (Wildman–Crippen MR) is 108 cm³/mol. The maximum absolute atomic E-state index is 12.7. The summed E-state index contributed by atoms with van der Waals surface area (Å²) in [5.74, 6) is 0.00726. The highest BCUT2D eigenvalue weighted by molar-refractivity contribution is 8.00. The van der Waals surface area contributed by atoms with E-state index in [1.165, 1.54) is 35.6 Å². The van der Waals surface area contributed by atoms with Gasteiger partial charge in [-0.15, -0.1) is 15.1 Å². The number of sulfonamides is 1. The number of fused-ring (bicyclic) bond motifs is 1. The summed E-state index contributed by atoms with van der Waals surface area (Å²) in [6.45, 7) is 4.06. The maximum atomic E-state index is 12.7. The first-order valence-electron chi connectivity index (χ1n) is 7.74. The van der Waals surface area contributed by atoms with Gasteiger partial charge in [-0.3, -0.25) is 4.79 Å². The van der Waals surface area contributed by atoms with Crippen molar-refractivity contribution >= 4 is 61.0 Å². The number of carbonyl (C=O) groups excluding carboxylic acids is 1. The van der Waals surface area contributed by atoms with E-state index in [1.807, 2.05) is 13.8 Å². The summed E-state index contributed by atoms with van der Waals surface area (Å²) in [6, 6.07) is 5.85. The zero-order valence-corrected chi connectivity index (χ0v) is 18.3. The lowest BCUT2D eigenvalue weighted by Crippen LogP contribution is -2.26. The fourth-order valence-electron chi connectivity index (χ4n) is 2.96. The number of nitrogens with zero attached hydrogens (tertiary/aromatic N) is 1. The van der Waals surface area contributed by atoms with Crippen LogP contribution < -0.4 is 0 Å². The van der Waals surface area contributed by atoms with Crippen LogP contribution in [0.25, 0.3) is 0 Å². The van der Waals surface area contributed by atoms with Crippen LogP contribution in [0, 0.1) is 5.41 Å². The second-order valence-corrected chi connectivity index (χ2v) is 12.6. The van der Waals surface area contributed by atoms with Gasteiger partial charge in [-0.2, -0.15) is 8.42 Å². The van der Waals surface area contributed by atoms with Crippen molar-refractivity contribution in [2.24, 2.45) is 9.18 Å². The van der Waals surface area contributed by atoms with Crippen molar-refractivity contribution < 1.29 is 13.2 Å². The third-order valence-corrected chi connectivity index (χ3v) is 9.88. The van der Waals surface area contributed by atoms with Gasteiger partial charge in [0, 0.05) is 17.0 Å². The number of ketones is 1. The average Bonchev–Trinajstić information content (AvgIpc) is 2.83. The molecule has 0 aliphatic heterocycles. The van der Waals surface area contributed by atoms with Crippen molar-refractivity contribution in [3.8, 4) is 0 Å². The molecule has 0 N–H and O–H groups in total. The van der Waals surface area contributed by atoms with E-state index < -0.39 is 20.7 Å². The van der Waals surface area contributed by atoms with E-state index in [-0.39, 0.29) is 16.1 Å². The van der Waals surface area contributed by atoms with E-state index >= 15 is 0 Å². The van der Waals surface area contributed by atoms with E-state index in [2.05, 4.69) is 3.77 Å². The zero-order chi connectivity index (χ0) is 19.3. The Kier molecular flexibility index (Phi) is 5.40. The smallest absolute Gasteiger partial charge is 0.288 e. The summed E-state index contributed by atoms with van der Waals surface area (Å²) in [6.07, 6.45) is 2.81. The highest BCUT2D eigenvalue weighted by Gasteiger charge is 2.36. The molecule has 4 nitrogen and oxygen atoms in total. The van der Waals surface area contributed by atoms with Crippen LogP contribution in [0.2, 0.25) is 9.36 Å². The molecule has 0 saturated carbocycles. The summed E-state index contributed by atoms with van der Waals surface area (Å²) >= 11 is 13.4. The van der Waals surface area contributed by atoms with Gasteiger partial charge in [0.05, 0.1) is 13.4 Å². The average molecular weight is 450 g/mol. The monoisotopic (exact) mass is 449 g/mol. The Morgan fingerprint density at radius 2 is 1.77 bits per heavy atom. The summed E-state index contributed by atoms with van der Waals surface area (Å²) in [5, 5.41) is 0.451. The zero-order valence-electron chi connectivity index (χ0n) is 14.4. The molecule has 1 aromatic carbocycles. The molecule has 1 aromatic heterocycles. The van der Waals surface area contributed by atoms with Crippen LogP contribution in [0.4, 0.5) is 0 Å². The van der Waals surface area contributed by atoms with Crippen LogP contribution in [0.3, 0.4) is 0 Å². The molecule has 140 valence electrons. The molecule has 9 heteroatoms. The van der Waals surface area contributed by atoms with Gasteiger partial charge in [-0.05, 0) is 58.6 Å². The lowest BCUT2D eigenvalue weighted by atomic mass is 9.75. The van der Waals surface area contributed by atoms with Crippen LogP contribution in [-0.2, 0) is 27.1 Å². The maximum Gasteiger partial charge on any atom is 0.288 e. The highest BCUT2D eigenvalue weighted by atomic mass is 35.5. The lowest BCUT2D eigenvalue weighted by molar-refractivity contribution is 0.0910. The molecule has 0 saturated heterocycles. The molecule has 0 radical (unpaired) electrons. The summed E-state index contributed by atoms with van der Waals surface area (Å²) in [7, 11) is -4.86. The third-order valence-electron chi connectivity index (χ3n) is 4.09. The topological polar surface area (TPSA) is 63.6 Å². The number of thiophene rings is 1. The fraction of sp³-hybridized carbons (Fsp3) is 0.353. The van der Waals surface area contributed by atoms with Gasteiger partial charge in [-0.25, -0.2) is 0 Å². The lowest BCUT2D eigenvalue weighted by Gasteiger charge is -2.29. The van der Waals surface area contributed by atoms with E-state index in [0.29, 0.717) is 32.0 Å². The van der Waals surface area contributed by atoms with Gasteiger partial charge in [-0.1, -0.05) is 37.0 Å². The van der Waals surface area contributed by atoms with Crippen LogP contribution in [-0.4, -0.2) is 20.5 Å². The molecule has 3 rings (SSSR count). The molecule has 26 heavy (non-hydrogen) atoms. The number of Topliss-reactive ketones (excluding diaryl/α,β-unsaturated/α-hetero) is 1. The molecule has 1 atom stereocenters. The number of hydrogen-bond donors (Lipinski definition) is 0. The Bertz CT molecular complexity index is 1020. The molecular formula is C17H17Cl2NO3S3. The third kappa shape index (κ3) is 3.92. The number of halogens is 2. The van der Waals surface area contributed by atoms with Crippen molar-refractivity contribution in [1.29, 1.82) is 0 Å². The molecule has 0 amide bonds. The Morgan fingerprint density at radius 3 is 2.38 bits per heavy atom. The first-order chi connectivity index (χ1) is 12.0. The normalized spacial score (nSPS) is 18.0. The van der Waals surface area contributed by atoms with Gasteiger partial charge >= 0.3 is 0 Å². The van der Waals surface area contributed by atoms with E-state index in [4.69, 9.17) is 23.2 Å². The van der Waals surface area contributed by atoms with Crippen molar-refractivity contribution in [1.82, 2.24) is 0 Å². The minimum atomic E-state index is -3.85. The van der Waals surface area contributed by atoms with Crippen LogP contribution >= 0.6 is 34.5 Å². The van der Waals surface area contributed by atoms with Crippen molar-refractivity contribution in [3.63, 3.8) is 0 Å². The van der Waals surface area contributed by atoms with Crippen LogP contribution in [0.15, 0.2) is 37.1 Å². The standard InChI is InChI=1S/C17H17Cl2NO3S3/c1-17(2)8-12-14(13(21)9-17)16(24-15(12)19)25(3)20-26(22,23)11-6-4-10(18)5-7-11/h4-7H,8-9H2,1-3H3. The van der Waals surface area contributed by atoms with Crippen molar-refractivity contribution in [2.45, 2.75) is 35.8 Å². The van der Waals surface area contributed by atoms with E-state index in [0.717, 1.165) is 5.56 Å². The summed E-state index contributed by atoms with van der Waals surface area (Å²) < 4.78 is 30.4.